The lowest BCUT2D eigenvalue weighted by Gasteiger charge is -2.13. The highest BCUT2D eigenvalue weighted by molar-refractivity contribution is 6.04. The maximum Gasteiger partial charge on any atom is 0.337 e. The summed E-state index contributed by atoms with van der Waals surface area (Å²) in [6.07, 6.45) is 0. The quantitative estimate of drug-likeness (QED) is 0.778. The lowest BCUT2D eigenvalue weighted by atomic mass is 10.0. The van der Waals surface area contributed by atoms with E-state index in [2.05, 4.69) is 19.2 Å². The van der Waals surface area contributed by atoms with Crippen molar-refractivity contribution < 1.29 is 19.8 Å². The van der Waals surface area contributed by atoms with Crippen LogP contribution in [0, 0.1) is 0 Å². The van der Waals surface area contributed by atoms with Gasteiger partial charge in [0.25, 0.3) is 0 Å². The molecule has 0 saturated heterocycles. The fraction of sp³-hybridized carbons (Fsp3) is 0.176. The first kappa shape index (κ1) is 15.6. The molecule has 0 aliphatic heterocycles. The molecule has 5 heteroatoms. The number of benzene rings is 2. The first-order valence-electron chi connectivity index (χ1n) is 6.86. The van der Waals surface area contributed by atoms with Gasteiger partial charge in [-0.05, 0) is 35.7 Å². The Morgan fingerprint density at radius 1 is 0.909 bits per heavy atom. The fourth-order valence-corrected chi connectivity index (χ4v) is 2.14. The first-order chi connectivity index (χ1) is 10.4. The zero-order valence-corrected chi connectivity index (χ0v) is 12.3. The largest absolute Gasteiger partial charge is 0.478 e. The second kappa shape index (κ2) is 6.30. The number of carboxylic acids is 2. The summed E-state index contributed by atoms with van der Waals surface area (Å²) in [6, 6.07) is 11.6. The highest BCUT2D eigenvalue weighted by atomic mass is 16.4. The molecule has 0 aliphatic carbocycles. The number of rotatable bonds is 5. The van der Waals surface area contributed by atoms with Gasteiger partial charge < -0.3 is 15.5 Å². The second-order valence-corrected chi connectivity index (χ2v) is 5.24. The third-order valence-electron chi connectivity index (χ3n) is 3.37. The Labute approximate surface area is 128 Å². The Morgan fingerprint density at radius 3 is 1.82 bits per heavy atom. The molecule has 0 unspecified atom stereocenters. The Balaban J connectivity index is 2.43. The van der Waals surface area contributed by atoms with Crippen molar-refractivity contribution in [3.8, 4) is 0 Å². The standard InChI is InChI=1S/C17H17NO4/c1-10(2)11-6-8-12(9-7-11)18-15-13(16(19)20)4-3-5-14(15)17(21)22/h3-10,18H,1-2H3,(H,19,20)(H,21,22). The first-order valence-corrected chi connectivity index (χ1v) is 6.86. The van der Waals surface area contributed by atoms with Crippen molar-refractivity contribution in [3.05, 3.63) is 59.2 Å². The Kier molecular flexibility index (Phi) is 4.46. The lowest BCUT2D eigenvalue weighted by Crippen LogP contribution is -2.09. The van der Waals surface area contributed by atoms with Crippen LogP contribution in [0.1, 0.15) is 46.0 Å². The van der Waals surface area contributed by atoms with Gasteiger partial charge in [0.1, 0.15) is 0 Å². The number of carbonyl (C=O) groups is 2. The molecule has 2 aromatic carbocycles. The predicted molar refractivity (Wildman–Crippen MR) is 84.2 cm³/mol. The van der Waals surface area contributed by atoms with Crippen molar-refractivity contribution >= 4 is 23.3 Å². The Morgan fingerprint density at radius 2 is 1.41 bits per heavy atom. The van der Waals surface area contributed by atoms with Crippen LogP contribution in [0.2, 0.25) is 0 Å². The summed E-state index contributed by atoms with van der Waals surface area (Å²) < 4.78 is 0. The third kappa shape index (κ3) is 3.25. The molecule has 0 aromatic heterocycles. The van der Waals surface area contributed by atoms with E-state index in [1.165, 1.54) is 18.2 Å². The van der Waals surface area contributed by atoms with Crippen molar-refractivity contribution in [2.24, 2.45) is 0 Å². The zero-order chi connectivity index (χ0) is 16.3. The molecular formula is C17H17NO4. The van der Waals surface area contributed by atoms with Gasteiger partial charge in [0.15, 0.2) is 0 Å². The van der Waals surface area contributed by atoms with Crippen LogP contribution < -0.4 is 5.32 Å². The van der Waals surface area contributed by atoms with Crippen LogP contribution in [0.3, 0.4) is 0 Å². The molecule has 3 N–H and O–H groups in total. The fourth-order valence-electron chi connectivity index (χ4n) is 2.14. The zero-order valence-electron chi connectivity index (χ0n) is 12.3. The summed E-state index contributed by atoms with van der Waals surface area (Å²) in [5, 5.41) is 21.4. The number of aromatic carboxylic acids is 2. The van der Waals surface area contributed by atoms with Gasteiger partial charge in [0, 0.05) is 5.69 Å². The molecule has 0 bridgehead atoms. The summed E-state index contributed by atoms with van der Waals surface area (Å²) in [5.74, 6) is -1.97. The summed E-state index contributed by atoms with van der Waals surface area (Å²) in [4.78, 5) is 22.6. The van der Waals surface area contributed by atoms with Crippen LogP contribution in [-0.4, -0.2) is 22.2 Å². The molecule has 0 fully saturated rings. The number of nitrogens with one attached hydrogen (secondary N) is 1. The average molecular weight is 299 g/mol. The highest BCUT2D eigenvalue weighted by Crippen LogP contribution is 2.27. The lowest BCUT2D eigenvalue weighted by molar-refractivity contribution is 0.0696. The van der Waals surface area contributed by atoms with E-state index in [0.717, 1.165) is 5.56 Å². The molecular weight excluding hydrogens is 282 g/mol. The third-order valence-corrected chi connectivity index (χ3v) is 3.37. The maximum absolute atomic E-state index is 11.3. The van der Waals surface area contributed by atoms with Crippen molar-refractivity contribution in [3.63, 3.8) is 0 Å². The van der Waals surface area contributed by atoms with Gasteiger partial charge in [-0.25, -0.2) is 9.59 Å². The molecule has 0 amide bonds. The van der Waals surface area contributed by atoms with E-state index in [1.54, 1.807) is 12.1 Å². The SMILES string of the molecule is CC(C)c1ccc(Nc2c(C(=O)O)cccc2C(=O)O)cc1. The minimum Gasteiger partial charge on any atom is -0.478 e. The van der Waals surface area contributed by atoms with E-state index in [4.69, 9.17) is 0 Å². The molecule has 2 aromatic rings. The van der Waals surface area contributed by atoms with E-state index < -0.39 is 11.9 Å². The van der Waals surface area contributed by atoms with Crippen molar-refractivity contribution in [1.29, 1.82) is 0 Å². The van der Waals surface area contributed by atoms with Crippen molar-refractivity contribution in [1.82, 2.24) is 0 Å². The van der Waals surface area contributed by atoms with Crippen molar-refractivity contribution in [2.45, 2.75) is 19.8 Å². The summed E-state index contributed by atoms with van der Waals surface area (Å²) in [6.45, 7) is 4.15. The van der Waals surface area contributed by atoms with E-state index in [1.807, 2.05) is 12.1 Å². The minimum atomic E-state index is -1.18. The summed E-state index contributed by atoms with van der Waals surface area (Å²) in [7, 11) is 0. The topological polar surface area (TPSA) is 86.6 Å². The summed E-state index contributed by atoms with van der Waals surface area (Å²) >= 11 is 0. The van der Waals surface area contributed by atoms with E-state index in [9.17, 15) is 19.8 Å². The van der Waals surface area contributed by atoms with Gasteiger partial charge >= 0.3 is 11.9 Å². The smallest absolute Gasteiger partial charge is 0.337 e. The van der Waals surface area contributed by atoms with E-state index in [0.29, 0.717) is 11.6 Å². The predicted octanol–water partition coefficient (Wildman–Crippen LogP) is 3.95. The van der Waals surface area contributed by atoms with Crippen LogP contribution in [0.25, 0.3) is 0 Å². The van der Waals surface area contributed by atoms with Crippen LogP contribution in [0.15, 0.2) is 42.5 Å². The van der Waals surface area contributed by atoms with Crippen LogP contribution in [0.4, 0.5) is 11.4 Å². The van der Waals surface area contributed by atoms with Crippen LogP contribution >= 0.6 is 0 Å². The normalized spacial score (nSPS) is 10.5. The molecule has 5 nitrogen and oxygen atoms in total. The Hall–Kier alpha value is -2.82. The molecule has 0 atom stereocenters. The molecule has 0 radical (unpaired) electrons. The van der Waals surface area contributed by atoms with Crippen LogP contribution in [0.5, 0.6) is 0 Å². The van der Waals surface area contributed by atoms with Gasteiger partial charge in [-0.3, -0.25) is 0 Å². The van der Waals surface area contributed by atoms with Crippen LogP contribution in [-0.2, 0) is 0 Å². The monoisotopic (exact) mass is 299 g/mol. The highest BCUT2D eigenvalue weighted by Gasteiger charge is 2.18. The average Bonchev–Trinajstić information content (AvgIpc) is 2.47. The molecule has 0 spiro atoms. The number of hydrogen-bond acceptors (Lipinski definition) is 3. The molecule has 2 rings (SSSR count). The molecule has 0 saturated carbocycles. The van der Waals surface area contributed by atoms with E-state index in [-0.39, 0.29) is 16.8 Å². The molecule has 0 heterocycles. The summed E-state index contributed by atoms with van der Waals surface area (Å²) in [5.41, 5.74) is 1.72. The molecule has 114 valence electrons. The number of para-hydroxylation sites is 1. The second-order valence-electron chi connectivity index (χ2n) is 5.24. The van der Waals surface area contributed by atoms with Gasteiger partial charge in [0.2, 0.25) is 0 Å². The minimum absolute atomic E-state index is 0.0761. The van der Waals surface area contributed by atoms with Gasteiger partial charge in [-0.2, -0.15) is 0 Å². The number of anilines is 2. The van der Waals surface area contributed by atoms with E-state index >= 15 is 0 Å². The van der Waals surface area contributed by atoms with Gasteiger partial charge in [-0.1, -0.05) is 32.0 Å². The Bertz CT molecular complexity index is 673. The molecule has 22 heavy (non-hydrogen) atoms. The maximum atomic E-state index is 11.3. The molecule has 0 aliphatic rings. The number of hydrogen-bond donors (Lipinski definition) is 3. The van der Waals surface area contributed by atoms with Crippen molar-refractivity contribution in [2.75, 3.05) is 5.32 Å². The number of carboxylic acid groups (broad SMARTS) is 2. The van der Waals surface area contributed by atoms with Gasteiger partial charge in [0.05, 0.1) is 16.8 Å². The van der Waals surface area contributed by atoms with Gasteiger partial charge in [-0.15, -0.1) is 0 Å².